The van der Waals surface area contributed by atoms with Crippen LogP contribution >= 0.6 is 0 Å². The van der Waals surface area contributed by atoms with E-state index in [0.717, 1.165) is 6.54 Å². The molecule has 1 aliphatic rings. The smallest absolute Gasteiger partial charge is 0.323 e. The quantitative estimate of drug-likeness (QED) is 0.763. The van der Waals surface area contributed by atoms with Gasteiger partial charge in [-0.15, -0.1) is 0 Å². The summed E-state index contributed by atoms with van der Waals surface area (Å²) >= 11 is 0. The number of benzene rings is 1. The maximum atomic E-state index is 12.8. The molecule has 4 nitrogen and oxygen atoms in total. The number of nitrogens with zero attached hydrogens (tertiary/aromatic N) is 2. The molecule has 0 aromatic heterocycles. The minimum absolute atomic E-state index is 0.0244. The van der Waals surface area contributed by atoms with Crippen molar-refractivity contribution < 1.29 is 31.1 Å². The summed E-state index contributed by atoms with van der Waals surface area (Å²) in [6, 6.07) is 0.299. The second-order valence-electron chi connectivity index (χ2n) is 5.87. The normalized spacial score (nSPS) is 17.3. The zero-order valence-electron chi connectivity index (χ0n) is 13.3. The van der Waals surface area contributed by atoms with Crippen LogP contribution in [-0.2, 0) is 12.4 Å². The molecule has 1 aromatic rings. The van der Waals surface area contributed by atoms with Crippen LogP contribution in [0.2, 0.25) is 0 Å². The van der Waals surface area contributed by atoms with Crippen LogP contribution in [0.1, 0.15) is 17.5 Å². The lowest BCUT2D eigenvalue weighted by Gasteiger charge is -2.22. The van der Waals surface area contributed by atoms with Gasteiger partial charge in [-0.1, -0.05) is 0 Å². The van der Waals surface area contributed by atoms with Crippen LogP contribution in [-0.4, -0.2) is 49.1 Å². The first kappa shape index (κ1) is 19.4. The SMILES string of the molecule is CN1CCCN(C(=O)Nc2cc(C(F)(F)F)cc(C(F)(F)F)c2)CC1. The van der Waals surface area contributed by atoms with Crippen LogP contribution < -0.4 is 5.32 Å². The number of likely N-dealkylation sites (N-methyl/N-ethyl adjacent to an activating group) is 1. The standard InChI is InChI=1S/C15H17F6N3O/c1-23-3-2-4-24(6-5-23)13(25)22-12-8-10(14(16,17)18)7-11(9-12)15(19,20)21/h7-9H,2-6H2,1H3,(H,22,25). The molecule has 0 spiro atoms. The Hall–Kier alpha value is -1.97. The van der Waals surface area contributed by atoms with Crippen molar-refractivity contribution in [1.29, 1.82) is 0 Å². The van der Waals surface area contributed by atoms with Gasteiger partial charge < -0.3 is 15.1 Å². The minimum atomic E-state index is -4.95. The second-order valence-corrected chi connectivity index (χ2v) is 5.87. The number of alkyl halides is 6. The Bertz CT molecular complexity index is 596. The molecule has 0 saturated carbocycles. The van der Waals surface area contributed by atoms with Gasteiger partial charge in [-0.25, -0.2) is 4.79 Å². The molecule has 2 rings (SSSR count). The zero-order valence-corrected chi connectivity index (χ0v) is 13.3. The molecular weight excluding hydrogens is 352 g/mol. The maximum Gasteiger partial charge on any atom is 0.416 e. The van der Waals surface area contributed by atoms with Crippen molar-refractivity contribution in [3.63, 3.8) is 0 Å². The summed E-state index contributed by atoms with van der Waals surface area (Å²) < 4.78 is 77.0. The predicted octanol–water partition coefficient (Wildman–Crippen LogP) is 3.89. The lowest BCUT2D eigenvalue weighted by atomic mass is 10.1. The van der Waals surface area contributed by atoms with Crippen molar-refractivity contribution in [2.75, 3.05) is 38.5 Å². The highest BCUT2D eigenvalue weighted by molar-refractivity contribution is 5.89. The third-order valence-corrected chi connectivity index (χ3v) is 3.85. The van der Waals surface area contributed by atoms with Gasteiger partial charge in [-0.3, -0.25) is 0 Å². The Balaban J connectivity index is 2.24. The van der Waals surface area contributed by atoms with Crippen LogP contribution in [0.3, 0.4) is 0 Å². The highest BCUT2D eigenvalue weighted by Crippen LogP contribution is 2.37. The molecule has 25 heavy (non-hydrogen) atoms. The molecule has 0 radical (unpaired) electrons. The van der Waals surface area contributed by atoms with E-state index in [-0.39, 0.29) is 6.07 Å². The molecule has 1 aromatic carbocycles. The summed E-state index contributed by atoms with van der Waals surface area (Å²) in [7, 11) is 1.86. The number of urea groups is 1. The van der Waals surface area contributed by atoms with E-state index in [4.69, 9.17) is 0 Å². The van der Waals surface area contributed by atoms with E-state index in [9.17, 15) is 31.1 Å². The monoisotopic (exact) mass is 369 g/mol. The molecule has 140 valence electrons. The number of amides is 2. The van der Waals surface area contributed by atoms with Crippen LogP contribution in [0.5, 0.6) is 0 Å². The number of hydrogen-bond acceptors (Lipinski definition) is 2. The highest BCUT2D eigenvalue weighted by Gasteiger charge is 2.37. The molecule has 0 unspecified atom stereocenters. The third-order valence-electron chi connectivity index (χ3n) is 3.85. The van der Waals surface area contributed by atoms with Crippen LogP contribution in [0, 0.1) is 0 Å². The van der Waals surface area contributed by atoms with Crippen molar-refractivity contribution in [3.8, 4) is 0 Å². The number of anilines is 1. The fourth-order valence-electron chi connectivity index (χ4n) is 2.48. The van der Waals surface area contributed by atoms with Gasteiger partial charge in [0.1, 0.15) is 0 Å². The molecule has 0 aliphatic carbocycles. The van der Waals surface area contributed by atoms with Gasteiger partial charge >= 0.3 is 18.4 Å². The number of hydrogen-bond donors (Lipinski definition) is 1. The van der Waals surface area contributed by atoms with Gasteiger partial charge in [0.15, 0.2) is 0 Å². The van der Waals surface area contributed by atoms with Crippen LogP contribution in [0.25, 0.3) is 0 Å². The summed E-state index contributed by atoms with van der Waals surface area (Å²) in [6.45, 7) is 2.05. The first-order valence-corrected chi connectivity index (χ1v) is 7.51. The van der Waals surface area contributed by atoms with Gasteiger partial charge in [0, 0.05) is 25.3 Å². The molecule has 1 fully saturated rings. The highest BCUT2D eigenvalue weighted by atomic mass is 19.4. The predicted molar refractivity (Wildman–Crippen MR) is 79.2 cm³/mol. The zero-order chi connectivity index (χ0) is 18.8. The van der Waals surface area contributed by atoms with Gasteiger partial charge in [0.25, 0.3) is 0 Å². The molecule has 1 aliphatic heterocycles. The Morgan fingerprint density at radius 3 is 2.00 bits per heavy atom. The van der Waals surface area contributed by atoms with E-state index in [2.05, 4.69) is 5.32 Å². The van der Waals surface area contributed by atoms with E-state index in [1.165, 1.54) is 4.90 Å². The molecule has 0 atom stereocenters. The molecule has 10 heteroatoms. The average Bonchev–Trinajstić information content (AvgIpc) is 2.70. The van der Waals surface area contributed by atoms with Crippen LogP contribution in [0.15, 0.2) is 18.2 Å². The third kappa shape index (κ3) is 5.25. The Labute approximate surface area is 140 Å². The number of halogens is 6. The van der Waals surface area contributed by atoms with Crippen molar-refractivity contribution in [2.24, 2.45) is 0 Å². The molecule has 1 saturated heterocycles. The maximum absolute atomic E-state index is 12.8. The van der Waals surface area contributed by atoms with E-state index in [0.29, 0.717) is 38.2 Å². The van der Waals surface area contributed by atoms with E-state index < -0.39 is 35.2 Å². The lowest BCUT2D eigenvalue weighted by molar-refractivity contribution is -0.143. The number of carbonyl (C=O) groups is 1. The van der Waals surface area contributed by atoms with Gasteiger partial charge in [0.05, 0.1) is 11.1 Å². The molecule has 2 amide bonds. The van der Waals surface area contributed by atoms with Gasteiger partial charge in [-0.2, -0.15) is 26.3 Å². The first-order valence-electron chi connectivity index (χ1n) is 7.51. The first-order chi connectivity index (χ1) is 11.5. The fourth-order valence-corrected chi connectivity index (χ4v) is 2.48. The lowest BCUT2D eigenvalue weighted by Crippen LogP contribution is -2.37. The number of carbonyl (C=O) groups excluding carboxylic acids is 1. The Morgan fingerprint density at radius 2 is 1.48 bits per heavy atom. The van der Waals surface area contributed by atoms with Crippen molar-refractivity contribution >= 4 is 11.7 Å². The minimum Gasteiger partial charge on any atom is -0.323 e. The largest absolute Gasteiger partial charge is 0.416 e. The van der Waals surface area contributed by atoms with Crippen molar-refractivity contribution in [2.45, 2.75) is 18.8 Å². The van der Waals surface area contributed by atoms with Gasteiger partial charge in [0.2, 0.25) is 0 Å². The topological polar surface area (TPSA) is 35.6 Å². The summed E-state index contributed by atoms with van der Waals surface area (Å²) in [5, 5.41) is 2.15. The van der Waals surface area contributed by atoms with E-state index >= 15 is 0 Å². The van der Waals surface area contributed by atoms with Crippen LogP contribution in [0.4, 0.5) is 36.8 Å². The summed E-state index contributed by atoms with van der Waals surface area (Å²) in [4.78, 5) is 15.5. The second kappa shape index (κ2) is 7.11. The number of rotatable bonds is 1. The molecule has 1 heterocycles. The summed E-state index contributed by atoms with van der Waals surface area (Å²) in [6.07, 6.45) is -9.24. The fraction of sp³-hybridized carbons (Fsp3) is 0.533. The van der Waals surface area contributed by atoms with Crippen molar-refractivity contribution in [1.82, 2.24) is 9.80 Å². The van der Waals surface area contributed by atoms with Crippen molar-refractivity contribution in [3.05, 3.63) is 29.3 Å². The Morgan fingerprint density at radius 1 is 0.920 bits per heavy atom. The summed E-state index contributed by atoms with van der Waals surface area (Å²) in [5.74, 6) is 0. The molecule has 1 N–H and O–H groups in total. The average molecular weight is 369 g/mol. The Kier molecular flexibility index (Phi) is 5.50. The number of nitrogens with one attached hydrogen (secondary N) is 1. The molecule has 0 bridgehead atoms. The molecular formula is C15H17F6N3O. The van der Waals surface area contributed by atoms with Gasteiger partial charge in [-0.05, 0) is 38.2 Å². The summed E-state index contributed by atoms with van der Waals surface area (Å²) in [5.41, 5.74) is -3.47. The van der Waals surface area contributed by atoms with E-state index in [1.54, 1.807) is 0 Å². The van der Waals surface area contributed by atoms with E-state index in [1.807, 2.05) is 11.9 Å².